The van der Waals surface area contributed by atoms with Crippen molar-refractivity contribution in [1.29, 1.82) is 0 Å². The molecule has 0 spiro atoms. The highest BCUT2D eigenvalue weighted by atomic mass is 32.2. The third-order valence-corrected chi connectivity index (χ3v) is 4.26. The van der Waals surface area contributed by atoms with Crippen LogP contribution in [0.4, 0.5) is 17.3 Å². The SMILES string of the molecule is CCOc1ccccc1Nc1ccc(NS(=O)(=O)N(C)C)nn1. The molecule has 0 amide bonds. The van der Waals surface area contributed by atoms with Crippen LogP contribution in [0, 0.1) is 0 Å². The van der Waals surface area contributed by atoms with Crippen LogP contribution in [-0.4, -0.2) is 43.6 Å². The molecule has 23 heavy (non-hydrogen) atoms. The molecule has 0 saturated heterocycles. The summed E-state index contributed by atoms with van der Waals surface area (Å²) >= 11 is 0. The number of anilines is 3. The Bertz CT molecular complexity index is 747. The molecule has 0 unspecified atom stereocenters. The maximum absolute atomic E-state index is 11.7. The van der Waals surface area contributed by atoms with E-state index in [-0.39, 0.29) is 5.82 Å². The Balaban J connectivity index is 2.12. The van der Waals surface area contributed by atoms with Crippen LogP contribution >= 0.6 is 0 Å². The molecule has 0 atom stereocenters. The number of nitrogens with zero attached hydrogens (tertiary/aromatic N) is 3. The Morgan fingerprint density at radius 1 is 1.09 bits per heavy atom. The topological polar surface area (TPSA) is 96.5 Å². The normalized spacial score (nSPS) is 11.3. The summed E-state index contributed by atoms with van der Waals surface area (Å²) in [6, 6.07) is 10.6. The van der Waals surface area contributed by atoms with Crippen molar-refractivity contribution in [2.45, 2.75) is 6.92 Å². The van der Waals surface area contributed by atoms with Gasteiger partial charge in [-0.1, -0.05) is 12.1 Å². The van der Waals surface area contributed by atoms with Crippen molar-refractivity contribution in [3.63, 3.8) is 0 Å². The molecular formula is C14H19N5O3S. The number of nitrogens with one attached hydrogen (secondary N) is 2. The monoisotopic (exact) mass is 337 g/mol. The van der Waals surface area contributed by atoms with E-state index in [1.54, 1.807) is 6.07 Å². The van der Waals surface area contributed by atoms with Gasteiger partial charge < -0.3 is 10.1 Å². The molecule has 1 heterocycles. The van der Waals surface area contributed by atoms with Gasteiger partial charge in [-0.05, 0) is 31.2 Å². The van der Waals surface area contributed by atoms with Crippen LogP contribution in [0.2, 0.25) is 0 Å². The van der Waals surface area contributed by atoms with Crippen LogP contribution in [0.25, 0.3) is 0 Å². The van der Waals surface area contributed by atoms with Gasteiger partial charge in [0, 0.05) is 14.1 Å². The van der Waals surface area contributed by atoms with Crippen LogP contribution in [0.15, 0.2) is 36.4 Å². The lowest BCUT2D eigenvalue weighted by Gasteiger charge is -2.13. The Kier molecular flexibility index (Phi) is 5.35. The van der Waals surface area contributed by atoms with Gasteiger partial charge in [0.25, 0.3) is 0 Å². The second-order valence-corrected chi connectivity index (χ2v) is 6.63. The standard InChI is InChI=1S/C14H19N5O3S/c1-4-22-12-8-6-5-7-11(12)15-13-9-10-14(17-16-13)18-23(20,21)19(2)3/h5-10H,4H2,1-3H3,(H,15,16)(H,17,18). The molecule has 0 fully saturated rings. The van der Waals surface area contributed by atoms with Crippen molar-refractivity contribution in [1.82, 2.24) is 14.5 Å². The Morgan fingerprint density at radius 2 is 1.74 bits per heavy atom. The molecule has 2 N–H and O–H groups in total. The number of hydrogen-bond donors (Lipinski definition) is 2. The van der Waals surface area contributed by atoms with Gasteiger partial charge in [-0.25, -0.2) is 0 Å². The highest BCUT2D eigenvalue weighted by Crippen LogP contribution is 2.26. The smallest absolute Gasteiger partial charge is 0.302 e. The van der Waals surface area contributed by atoms with Crippen molar-refractivity contribution < 1.29 is 13.2 Å². The minimum absolute atomic E-state index is 0.141. The number of para-hydroxylation sites is 2. The quantitative estimate of drug-likeness (QED) is 0.800. The third kappa shape index (κ3) is 4.54. The van der Waals surface area contributed by atoms with Gasteiger partial charge in [0.15, 0.2) is 11.6 Å². The van der Waals surface area contributed by atoms with E-state index < -0.39 is 10.2 Å². The molecule has 0 saturated carbocycles. The van der Waals surface area contributed by atoms with Gasteiger partial charge in [0.2, 0.25) is 0 Å². The molecule has 9 heteroatoms. The first-order chi connectivity index (χ1) is 10.9. The molecule has 124 valence electrons. The zero-order valence-electron chi connectivity index (χ0n) is 13.1. The average Bonchev–Trinajstić information content (AvgIpc) is 2.51. The molecule has 0 aliphatic carbocycles. The van der Waals surface area contributed by atoms with E-state index in [2.05, 4.69) is 20.2 Å². The lowest BCUT2D eigenvalue weighted by Crippen LogP contribution is -2.29. The summed E-state index contributed by atoms with van der Waals surface area (Å²) in [5.74, 6) is 1.32. The zero-order chi connectivity index (χ0) is 16.9. The van der Waals surface area contributed by atoms with E-state index in [0.29, 0.717) is 18.2 Å². The van der Waals surface area contributed by atoms with E-state index in [4.69, 9.17) is 4.74 Å². The summed E-state index contributed by atoms with van der Waals surface area (Å²) in [7, 11) is -0.743. The molecule has 0 aliphatic heterocycles. The predicted octanol–water partition coefficient (Wildman–Crippen LogP) is 1.84. The third-order valence-electron chi connectivity index (χ3n) is 2.83. The van der Waals surface area contributed by atoms with Crippen LogP contribution in [0.3, 0.4) is 0 Å². The fourth-order valence-electron chi connectivity index (χ4n) is 1.67. The van der Waals surface area contributed by atoms with Crippen LogP contribution in [0.5, 0.6) is 5.75 Å². The largest absolute Gasteiger partial charge is 0.492 e. The Morgan fingerprint density at radius 3 is 2.35 bits per heavy atom. The lowest BCUT2D eigenvalue weighted by molar-refractivity contribution is 0.342. The van der Waals surface area contributed by atoms with E-state index in [0.717, 1.165) is 9.99 Å². The van der Waals surface area contributed by atoms with E-state index in [1.165, 1.54) is 20.2 Å². The number of ether oxygens (including phenoxy) is 1. The first-order valence-corrected chi connectivity index (χ1v) is 8.39. The highest BCUT2D eigenvalue weighted by Gasteiger charge is 2.14. The maximum Gasteiger partial charge on any atom is 0.302 e. The van der Waals surface area contributed by atoms with Gasteiger partial charge in [-0.3, -0.25) is 4.72 Å². The minimum atomic E-state index is -3.60. The first-order valence-electron chi connectivity index (χ1n) is 6.95. The van der Waals surface area contributed by atoms with Crippen LogP contribution < -0.4 is 14.8 Å². The molecule has 8 nitrogen and oxygen atoms in total. The summed E-state index contributed by atoms with van der Waals surface area (Å²) < 4.78 is 32.3. The number of aromatic nitrogens is 2. The molecular weight excluding hydrogens is 318 g/mol. The van der Waals surface area contributed by atoms with Crippen molar-refractivity contribution >= 4 is 27.5 Å². The summed E-state index contributed by atoms with van der Waals surface area (Å²) in [6.45, 7) is 2.46. The summed E-state index contributed by atoms with van der Waals surface area (Å²) in [4.78, 5) is 0. The molecule has 2 aromatic rings. The molecule has 0 bridgehead atoms. The predicted molar refractivity (Wildman–Crippen MR) is 89.2 cm³/mol. The van der Waals surface area contributed by atoms with Gasteiger partial charge in [0.1, 0.15) is 5.75 Å². The Hall–Kier alpha value is -2.39. The highest BCUT2D eigenvalue weighted by molar-refractivity contribution is 7.90. The number of rotatable bonds is 7. The van der Waals surface area contributed by atoms with Crippen molar-refractivity contribution in [3.05, 3.63) is 36.4 Å². The molecule has 0 radical (unpaired) electrons. The second kappa shape index (κ2) is 7.25. The maximum atomic E-state index is 11.7. The molecule has 0 aliphatic rings. The van der Waals surface area contributed by atoms with Gasteiger partial charge in [-0.15, -0.1) is 10.2 Å². The lowest BCUT2D eigenvalue weighted by atomic mass is 10.3. The Labute approximate surface area is 135 Å². The summed E-state index contributed by atoms with van der Waals surface area (Å²) in [5, 5.41) is 10.9. The fourth-order valence-corrected chi connectivity index (χ4v) is 2.22. The fraction of sp³-hybridized carbons (Fsp3) is 0.286. The van der Waals surface area contributed by atoms with E-state index in [1.807, 2.05) is 31.2 Å². The van der Waals surface area contributed by atoms with Crippen molar-refractivity contribution in [2.24, 2.45) is 0 Å². The van der Waals surface area contributed by atoms with Gasteiger partial charge in [-0.2, -0.15) is 12.7 Å². The number of hydrogen-bond acceptors (Lipinski definition) is 6. The van der Waals surface area contributed by atoms with Crippen molar-refractivity contribution in [3.8, 4) is 5.75 Å². The summed E-state index contributed by atoms with van der Waals surface area (Å²) in [6.07, 6.45) is 0. The first kappa shape index (κ1) is 17.0. The summed E-state index contributed by atoms with van der Waals surface area (Å²) in [5.41, 5.74) is 0.755. The average molecular weight is 337 g/mol. The van der Waals surface area contributed by atoms with Gasteiger partial charge >= 0.3 is 10.2 Å². The van der Waals surface area contributed by atoms with E-state index in [9.17, 15) is 8.42 Å². The molecule has 1 aromatic carbocycles. The van der Waals surface area contributed by atoms with Crippen LogP contribution in [0.1, 0.15) is 6.92 Å². The van der Waals surface area contributed by atoms with E-state index >= 15 is 0 Å². The molecule has 1 aromatic heterocycles. The molecule has 2 rings (SSSR count). The van der Waals surface area contributed by atoms with Gasteiger partial charge in [0.05, 0.1) is 12.3 Å². The number of benzene rings is 1. The zero-order valence-corrected chi connectivity index (χ0v) is 14.0. The second-order valence-electron chi connectivity index (χ2n) is 4.75. The van der Waals surface area contributed by atoms with Crippen molar-refractivity contribution in [2.75, 3.05) is 30.7 Å². The van der Waals surface area contributed by atoms with Crippen LogP contribution in [-0.2, 0) is 10.2 Å². The minimum Gasteiger partial charge on any atom is -0.492 e.